The van der Waals surface area contributed by atoms with E-state index in [0.29, 0.717) is 0 Å². The lowest BCUT2D eigenvalue weighted by molar-refractivity contribution is -0.120. The van der Waals surface area contributed by atoms with Gasteiger partial charge >= 0.3 is 5.97 Å². The fourth-order valence-electron chi connectivity index (χ4n) is 3.09. The van der Waals surface area contributed by atoms with Gasteiger partial charge in [0.15, 0.2) is 0 Å². The van der Waals surface area contributed by atoms with Crippen molar-refractivity contribution in [1.82, 2.24) is 9.99 Å². The van der Waals surface area contributed by atoms with E-state index in [9.17, 15) is 14.7 Å². The minimum atomic E-state index is -0.966. The van der Waals surface area contributed by atoms with Crippen LogP contribution in [0.5, 0.6) is 0 Å². The van der Waals surface area contributed by atoms with Crippen molar-refractivity contribution in [2.24, 2.45) is 5.10 Å². The van der Waals surface area contributed by atoms with Gasteiger partial charge in [0.25, 0.3) is 0 Å². The Labute approximate surface area is 163 Å². The number of carboxylic acids is 1. The molecule has 1 amide bonds. The third-order valence-electron chi connectivity index (χ3n) is 4.42. The Morgan fingerprint density at radius 1 is 1.07 bits per heavy atom. The quantitative estimate of drug-likeness (QED) is 0.511. The zero-order valence-corrected chi connectivity index (χ0v) is 15.7. The molecule has 0 unspecified atom stereocenters. The molecule has 6 heteroatoms. The summed E-state index contributed by atoms with van der Waals surface area (Å²) in [5.74, 6) is -1.15. The minimum absolute atomic E-state index is 0.189. The molecule has 3 rings (SSSR count). The molecule has 0 aliphatic carbocycles. The largest absolute Gasteiger partial charge is 0.478 e. The predicted molar refractivity (Wildman–Crippen MR) is 108 cm³/mol. The number of carbonyl (C=O) groups is 2. The lowest BCUT2D eigenvalue weighted by Crippen LogP contribution is -2.19. The molecule has 142 valence electrons. The van der Waals surface area contributed by atoms with Gasteiger partial charge in [-0.2, -0.15) is 5.10 Å². The maximum Gasteiger partial charge on any atom is 0.335 e. The topological polar surface area (TPSA) is 83.7 Å². The summed E-state index contributed by atoms with van der Waals surface area (Å²) >= 11 is 0. The second-order valence-corrected chi connectivity index (χ2v) is 6.47. The fourth-order valence-corrected chi connectivity index (χ4v) is 3.09. The molecule has 0 radical (unpaired) electrons. The van der Waals surface area contributed by atoms with Crippen molar-refractivity contribution in [2.75, 3.05) is 0 Å². The Kier molecular flexibility index (Phi) is 5.69. The SMILES string of the molecule is Cc1cc(/C=N/NC(=O)Cc2ccccc2)c(C)n1-c1cccc(C(=O)O)c1. The maximum absolute atomic E-state index is 12.0. The fraction of sp³-hybridized carbons (Fsp3) is 0.136. The molecule has 6 nitrogen and oxygen atoms in total. The Balaban J connectivity index is 1.75. The molecule has 0 saturated carbocycles. The molecule has 1 aromatic heterocycles. The molecule has 0 saturated heterocycles. The van der Waals surface area contributed by atoms with E-state index in [1.807, 2.05) is 60.9 Å². The van der Waals surface area contributed by atoms with Crippen LogP contribution in [0.1, 0.15) is 32.9 Å². The summed E-state index contributed by atoms with van der Waals surface area (Å²) in [6.45, 7) is 3.86. The van der Waals surface area contributed by atoms with Crippen molar-refractivity contribution >= 4 is 18.1 Å². The first-order valence-corrected chi connectivity index (χ1v) is 8.84. The number of aromatic nitrogens is 1. The lowest BCUT2D eigenvalue weighted by atomic mass is 10.1. The monoisotopic (exact) mass is 375 g/mol. The predicted octanol–water partition coefficient (Wildman–Crippen LogP) is 3.49. The Morgan fingerprint density at radius 3 is 2.54 bits per heavy atom. The Bertz CT molecular complexity index is 1040. The zero-order chi connectivity index (χ0) is 20.1. The maximum atomic E-state index is 12.0. The highest BCUT2D eigenvalue weighted by molar-refractivity contribution is 5.88. The van der Waals surface area contributed by atoms with Gasteiger partial charge in [0.1, 0.15) is 0 Å². The van der Waals surface area contributed by atoms with E-state index in [-0.39, 0.29) is 17.9 Å². The first kappa shape index (κ1) is 19.1. The highest BCUT2D eigenvalue weighted by atomic mass is 16.4. The summed E-state index contributed by atoms with van der Waals surface area (Å²) in [7, 11) is 0. The van der Waals surface area contributed by atoms with Crippen LogP contribution in [0.25, 0.3) is 5.69 Å². The van der Waals surface area contributed by atoms with Gasteiger partial charge in [-0.15, -0.1) is 0 Å². The van der Waals surface area contributed by atoms with Crippen LogP contribution in [0, 0.1) is 13.8 Å². The van der Waals surface area contributed by atoms with Gasteiger partial charge in [-0.1, -0.05) is 36.4 Å². The van der Waals surface area contributed by atoms with Gasteiger partial charge in [-0.3, -0.25) is 4.79 Å². The molecule has 3 aromatic rings. The number of nitrogens with zero attached hydrogens (tertiary/aromatic N) is 2. The van der Waals surface area contributed by atoms with E-state index in [1.54, 1.807) is 24.4 Å². The third kappa shape index (κ3) is 4.35. The number of rotatable bonds is 6. The van der Waals surface area contributed by atoms with Crippen molar-refractivity contribution < 1.29 is 14.7 Å². The van der Waals surface area contributed by atoms with E-state index >= 15 is 0 Å². The molecular weight excluding hydrogens is 354 g/mol. The average molecular weight is 375 g/mol. The number of benzene rings is 2. The summed E-state index contributed by atoms with van der Waals surface area (Å²) in [5.41, 5.74) is 7.15. The minimum Gasteiger partial charge on any atom is -0.478 e. The number of nitrogens with one attached hydrogen (secondary N) is 1. The number of hydrazone groups is 1. The second kappa shape index (κ2) is 8.35. The summed E-state index contributed by atoms with van der Waals surface area (Å²) in [6.07, 6.45) is 1.86. The smallest absolute Gasteiger partial charge is 0.335 e. The van der Waals surface area contributed by atoms with Crippen LogP contribution < -0.4 is 5.43 Å². The van der Waals surface area contributed by atoms with E-state index in [4.69, 9.17) is 0 Å². The highest BCUT2D eigenvalue weighted by Crippen LogP contribution is 2.20. The van der Waals surface area contributed by atoms with Crippen molar-refractivity contribution in [3.63, 3.8) is 0 Å². The number of hydrogen-bond acceptors (Lipinski definition) is 3. The van der Waals surface area contributed by atoms with Gasteiger partial charge in [0, 0.05) is 22.6 Å². The molecule has 0 atom stereocenters. The lowest BCUT2D eigenvalue weighted by Gasteiger charge is -2.10. The summed E-state index contributed by atoms with van der Waals surface area (Å²) in [6, 6.07) is 18.2. The Hall–Kier alpha value is -3.67. The average Bonchev–Trinajstić information content (AvgIpc) is 2.96. The molecule has 0 aliphatic heterocycles. The molecule has 1 heterocycles. The van der Waals surface area contributed by atoms with E-state index in [2.05, 4.69) is 10.5 Å². The van der Waals surface area contributed by atoms with Crippen LogP contribution in [0.4, 0.5) is 0 Å². The molecule has 28 heavy (non-hydrogen) atoms. The standard InChI is InChI=1S/C22H21N3O3/c1-15-11-19(14-23-24-21(26)12-17-7-4-3-5-8-17)16(2)25(15)20-10-6-9-18(13-20)22(27)28/h3-11,13-14H,12H2,1-2H3,(H,24,26)(H,27,28)/b23-14+. The van der Waals surface area contributed by atoms with Crippen molar-refractivity contribution in [2.45, 2.75) is 20.3 Å². The number of hydrogen-bond donors (Lipinski definition) is 2. The first-order valence-electron chi connectivity index (χ1n) is 8.84. The van der Waals surface area contributed by atoms with Crippen LogP contribution in [-0.4, -0.2) is 27.8 Å². The van der Waals surface area contributed by atoms with Gasteiger partial charge in [-0.05, 0) is 43.7 Å². The van der Waals surface area contributed by atoms with Crippen LogP contribution in [0.3, 0.4) is 0 Å². The summed E-state index contributed by atoms with van der Waals surface area (Å²) < 4.78 is 1.96. The van der Waals surface area contributed by atoms with Gasteiger partial charge in [-0.25, -0.2) is 10.2 Å². The molecule has 0 fully saturated rings. The van der Waals surface area contributed by atoms with E-state index < -0.39 is 5.97 Å². The van der Waals surface area contributed by atoms with Crippen molar-refractivity contribution in [3.05, 3.63) is 88.7 Å². The number of carbonyl (C=O) groups excluding carboxylic acids is 1. The summed E-state index contributed by atoms with van der Waals surface area (Å²) in [5, 5.41) is 13.3. The van der Waals surface area contributed by atoms with Crippen LogP contribution in [0.15, 0.2) is 65.8 Å². The summed E-state index contributed by atoms with van der Waals surface area (Å²) in [4.78, 5) is 23.2. The normalized spacial score (nSPS) is 10.9. The van der Waals surface area contributed by atoms with Gasteiger partial charge in [0.05, 0.1) is 18.2 Å². The van der Waals surface area contributed by atoms with Crippen LogP contribution in [0.2, 0.25) is 0 Å². The van der Waals surface area contributed by atoms with E-state index in [0.717, 1.165) is 28.2 Å². The first-order chi connectivity index (χ1) is 13.5. The zero-order valence-electron chi connectivity index (χ0n) is 15.7. The van der Waals surface area contributed by atoms with Crippen LogP contribution >= 0.6 is 0 Å². The molecule has 0 spiro atoms. The number of carboxylic acid groups (broad SMARTS) is 1. The molecular formula is C22H21N3O3. The number of aromatic carboxylic acids is 1. The molecule has 2 N–H and O–H groups in total. The van der Waals surface area contributed by atoms with E-state index in [1.165, 1.54) is 0 Å². The van der Waals surface area contributed by atoms with Crippen molar-refractivity contribution in [3.8, 4) is 5.69 Å². The van der Waals surface area contributed by atoms with Crippen LogP contribution in [-0.2, 0) is 11.2 Å². The second-order valence-electron chi connectivity index (χ2n) is 6.47. The Morgan fingerprint density at radius 2 is 1.82 bits per heavy atom. The van der Waals surface area contributed by atoms with Gasteiger partial charge in [0.2, 0.25) is 5.91 Å². The third-order valence-corrected chi connectivity index (χ3v) is 4.42. The molecule has 0 bridgehead atoms. The number of amides is 1. The van der Waals surface area contributed by atoms with Crippen molar-refractivity contribution in [1.29, 1.82) is 0 Å². The number of aryl methyl sites for hydroxylation is 1. The molecule has 0 aliphatic rings. The van der Waals surface area contributed by atoms with Gasteiger partial charge < -0.3 is 9.67 Å². The molecule has 2 aromatic carbocycles. The highest BCUT2D eigenvalue weighted by Gasteiger charge is 2.11.